The molecule has 1 N–H and O–H groups in total. The van der Waals surface area contributed by atoms with Crippen molar-refractivity contribution in [2.75, 3.05) is 45.3 Å². The predicted molar refractivity (Wildman–Crippen MR) is 113 cm³/mol. The molecular formula is C21H26N2O6S. The van der Waals surface area contributed by atoms with E-state index in [1.807, 2.05) is 26.0 Å². The van der Waals surface area contributed by atoms with Crippen LogP contribution in [0.1, 0.15) is 11.1 Å². The van der Waals surface area contributed by atoms with Crippen LogP contribution in [0.15, 0.2) is 41.3 Å². The Kier molecular flexibility index (Phi) is 6.96. The zero-order chi connectivity index (χ0) is 21.7. The number of ether oxygens (including phenoxy) is 3. The van der Waals surface area contributed by atoms with E-state index in [1.54, 1.807) is 6.07 Å². The number of morpholine rings is 1. The Morgan fingerprint density at radius 3 is 2.50 bits per heavy atom. The van der Waals surface area contributed by atoms with Crippen molar-refractivity contribution in [3.63, 3.8) is 0 Å². The quantitative estimate of drug-likeness (QED) is 0.719. The molecule has 1 fully saturated rings. The standard InChI is InChI=1S/C21H26N2O6S/c1-15-4-5-17(12-16(15)2)29-14-21(24)22-19-13-18(6-7-20(19)27-3)30(25,26)23-8-10-28-11-9-23/h4-7,12-13H,8-11,14H2,1-3H3,(H,22,24). The molecule has 3 rings (SSSR count). The summed E-state index contributed by atoms with van der Waals surface area (Å²) in [6.45, 7) is 5.04. The van der Waals surface area contributed by atoms with Crippen LogP contribution in [-0.4, -0.2) is 58.7 Å². The summed E-state index contributed by atoms with van der Waals surface area (Å²) < 4.78 is 43.2. The fourth-order valence-electron chi connectivity index (χ4n) is 3.02. The first-order valence-electron chi connectivity index (χ1n) is 9.57. The second kappa shape index (κ2) is 9.46. The van der Waals surface area contributed by atoms with Gasteiger partial charge in [-0.2, -0.15) is 4.31 Å². The molecule has 0 aliphatic carbocycles. The fourth-order valence-corrected chi connectivity index (χ4v) is 4.45. The molecule has 9 heteroatoms. The minimum atomic E-state index is -3.69. The second-order valence-corrected chi connectivity index (χ2v) is 8.90. The highest BCUT2D eigenvalue weighted by Crippen LogP contribution is 2.29. The number of hydrogen-bond donors (Lipinski definition) is 1. The molecule has 1 heterocycles. The third-order valence-electron chi connectivity index (χ3n) is 4.90. The topological polar surface area (TPSA) is 94.2 Å². The van der Waals surface area contributed by atoms with Gasteiger partial charge in [-0.25, -0.2) is 8.42 Å². The van der Waals surface area contributed by atoms with Gasteiger partial charge in [0.2, 0.25) is 10.0 Å². The van der Waals surface area contributed by atoms with Gasteiger partial charge in [-0.1, -0.05) is 6.07 Å². The van der Waals surface area contributed by atoms with Gasteiger partial charge in [0, 0.05) is 13.1 Å². The first kappa shape index (κ1) is 22.1. The van der Waals surface area contributed by atoms with Crippen LogP contribution >= 0.6 is 0 Å². The van der Waals surface area contributed by atoms with Crippen LogP contribution in [0.25, 0.3) is 0 Å². The smallest absolute Gasteiger partial charge is 0.262 e. The van der Waals surface area contributed by atoms with E-state index < -0.39 is 15.9 Å². The SMILES string of the molecule is COc1ccc(S(=O)(=O)N2CCOCC2)cc1NC(=O)COc1ccc(C)c(C)c1. The van der Waals surface area contributed by atoms with Crippen molar-refractivity contribution in [2.24, 2.45) is 0 Å². The summed E-state index contributed by atoms with van der Waals surface area (Å²) in [5.74, 6) is 0.520. The Hall–Kier alpha value is -2.62. The van der Waals surface area contributed by atoms with Gasteiger partial charge in [-0.15, -0.1) is 0 Å². The molecule has 1 saturated heterocycles. The van der Waals surface area contributed by atoms with Gasteiger partial charge in [0.15, 0.2) is 6.61 Å². The summed E-state index contributed by atoms with van der Waals surface area (Å²) in [7, 11) is -2.24. The average molecular weight is 435 g/mol. The molecule has 0 bridgehead atoms. The van der Waals surface area contributed by atoms with Gasteiger partial charge in [0.1, 0.15) is 11.5 Å². The molecule has 2 aromatic carbocycles. The summed E-state index contributed by atoms with van der Waals surface area (Å²) in [6, 6.07) is 9.96. The fraction of sp³-hybridized carbons (Fsp3) is 0.381. The summed E-state index contributed by atoms with van der Waals surface area (Å²) in [6.07, 6.45) is 0. The summed E-state index contributed by atoms with van der Waals surface area (Å²) >= 11 is 0. The zero-order valence-electron chi connectivity index (χ0n) is 17.3. The first-order valence-corrected chi connectivity index (χ1v) is 11.0. The van der Waals surface area contributed by atoms with Crippen LogP contribution in [0, 0.1) is 13.8 Å². The van der Waals surface area contributed by atoms with Crippen molar-refractivity contribution in [1.82, 2.24) is 4.31 Å². The first-order chi connectivity index (χ1) is 14.3. The van der Waals surface area contributed by atoms with E-state index in [2.05, 4.69) is 5.32 Å². The molecule has 1 amide bonds. The number of aryl methyl sites for hydroxylation is 2. The molecule has 0 radical (unpaired) electrons. The lowest BCUT2D eigenvalue weighted by molar-refractivity contribution is -0.118. The van der Waals surface area contributed by atoms with Crippen molar-refractivity contribution in [3.8, 4) is 11.5 Å². The normalized spacial score (nSPS) is 14.9. The molecule has 1 aliphatic rings. The van der Waals surface area contributed by atoms with Gasteiger partial charge in [0.05, 0.1) is 30.9 Å². The van der Waals surface area contributed by atoms with Crippen molar-refractivity contribution < 1.29 is 27.4 Å². The number of sulfonamides is 1. The maximum Gasteiger partial charge on any atom is 0.262 e. The van der Waals surface area contributed by atoms with Crippen molar-refractivity contribution in [2.45, 2.75) is 18.7 Å². The van der Waals surface area contributed by atoms with Crippen molar-refractivity contribution in [1.29, 1.82) is 0 Å². The summed E-state index contributed by atoms with van der Waals surface area (Å²) in [5, 5.41) is 2.68. The Balaban J connectivity index is 1.73. The van der Waals surface area contributed by atoms with Crippen molar-refractivity contribution in [3.05, 3.63) is 47.5 Å². The van der Waals surface area contributed by atoms with Crippen LogP contribution in [0.2, 0.25) is 0 Å². The Labute approximate surface area is 176 Å². The Bertz CT molecular complexity index is 1020. The number of nitrogens with zero attached hydrogens (tertiary/aromatic N) is 1. The third-order valence-corrected chi connectivity index (χ3v) is 6.80. The Morgan fingerprint density at radius 2 is 1.83 bits per heavy atom. The van der Waals surface area contributed by atoms with Crippen LogP contribution in [0.5, 0.6) is 11.5 Å². The van der Waals surface area contributed by atoms with E-state index in [4.69, 9.17) is 14.2 Å². The van der Waals surface area contributed by atoms with Crippen LogP contribution in [0.3, 0.4) is 0 Å². The number of benzene rings is 2. The van der Waals surface area contributed by atoms with E-state index in [0.717, 1.165) is 11.1 Å². The van der Waals surface area contributed by atoms with Gasteiger partial charge in [-0.3, -0.25) is 4.79 Å². The number of methoxy groups -OCH3 is 1. The molecule has 1 aliphatic heterocycles. The number of carbonyl (C=O) groups excluding carboxylic acids is 1. The largest absolute Gasteiger partial charge is 0.495 e. The minimum Gasteiger partial charge on any atom is -0.495 e. The van der Waals surface area contributed by atoms with Crippen LogP contribution in [-0.2, 0) is 19.6 Å². The van der Waals surface area contributed by atoms with Gasteiger partial charge < -0.3 is 19.5 Å². The molecule has 30 heavy (non-hydrogen) atoms. The highest BCUT2D eigenvalue weighted by Gasteiger charge is 2.27. The van der Waals surface area contributed by atoms with Gasteiger partial charge >= 0.3 is 0 Å². The lowest BCUT2D eigenvalue weighted by atomic mass is 10.1. The van der Waals surface area contributed by atoms with Crippen LogP contribution in [0.4, 0.5) is 5.69 Å². The monoisotopic (exact) mass is 434 g/mol. The van der Waals surface area contributed by atoms with Gasteiger partial charge in [-0.05, 0) is 55.3 Å². The number of rotatable bonds is 7. The highest BCUT2D eigenvalue weighted by atomic mass is 32.2. The van der Waals surface area contributed by atoms with E-state index in [0.29, 0.717) is 37.8 Å². The van der Waals surface area contributed by atoms with Crippen molar-refractivity contribution >= 4 is 21.6 Å². The molecule has 0 unspecified atom stereocenters. The molecule has 162 valence electrons. The zero-order valence-corrected chi connectivity index (χ0v) is 18.1. The molecule has 0 saturated carbocycles. The molecule has 8 nitrogen and oxygen atoms in total. The molecule has 2 aromatic rings. The second-order valence-electron chi connectivity index (χ2n) is 6.96. The van der Waals surface area contributed by atoms with E-state index in [-0.39, 0.29) is 17.2 Å². The maximum absolute atomic E-state index is 12.9. The van der Waals surface area contributed by atoms with E-state index >= 15 is 0 Å². The number of hydrogen-bond acceptors (Lipinski definition) is 6. The summed E-state index contributed by atoms with van der Waals surface area (Å²) in [5.41, 5.74) is 2.46. The lowest BCUT2D eigenvalue weighted by Crippen LogP contribution is -2.40. The van der Waals surface area contributed by atoms with E-state index in [1.165, 1.54) is 29.6 Å². The minimum absolute atomic E-state index is 0.0792. The molecular weight excluding hydrogens is 408 g/mol. The van der Waals surface area contributed by atoms with Gasteiger partial charge in [0.25, 0.3) is 5.91 Å². The Morgan fingerprint density at radius 1 is 1.10 bits per heavy atom. The maximum atomic E-state index is 12.9. The lowest BCUT2D eigenvalue weighted by Gasteiger charge is -2.26. The number of amides is 1. The summed E-state index contributed by atoms with van der Waals surface area (Å²) in [4.78, 5) is 12.5. The number of anilines is 1. The van der Waals surface area contributed by atoms with Crippen LogP contribution < -0.4 is 14.8 Å². The average Bonchev–Trinajstić information content (AvgIpc) is 2.75. The molecule has 0 spiro atoms. The number of carbonyl (C=O) groups is 1. The highest BCUT2D eigenvalue weighted by molar-refractivity contribution is 7.89. The number of nitrogens with one attached hydrogen (secondary N) is 1. The van der Waals surface area contributed by atoms with E-state index in [9.17, 15) is 13.2 Å². The molecule has 0 atom stereocenters. The molecule has 0 aromatic heterocycles. The third kappa shape index (κ3) is 5.10. The predicted octanol–water partition coefficient (Wildman–Crippen LogP) is 2.35.